The van der Waals surface area contributed by atoms with Gasteiger partial charge in [-0.1, -0.05) is 27.7 Å². The van der Waals surface area contributed by atoms with E-state index in [4.69, 9.17) is 9.47 Å². The van der Waals surface area contributed by atoms with Gasteiger partial charge >= 0.3 is 0 Å². The number of nitrogens with one attached hydrogen (secondary N) is 2. The number of thiazole rings is 1. The summed E-state index contributed by atoms with van der Waals surface area (Å²) < 4.78 is 13.2. The molecule has 3 aromatic rings. The molecule has 2 aromatic heterocycles. The smallest absolute Gasteiger partial charge is 0.266 e. The standard InChI is InChI=1S/C30H41N7O5S/c1-17(2)25-27-33-20(6)35-37(27)13-14-42-23-15-21(9-10-22(23)41-7)28(39)31-11-8-12-36(16-24(38)34-25)30(40)26-19(5)32-29(43-26)18(3)4/h9-10,15,17-18,25H,8,11-14,16H2,1-7H3,(H,31,39)(H,34,38)/t25-/m0/s1. The summed E-state index contributed by atoms with van der Waals surface area (Å²) in [6.45, 7) is 12.7. The second-order valence-corrected chi connectivity index (χ2v) is 12.2. The Morgan fingerprint density at radius 1 is 1.14 bits per heavy atom. The molecule has 0 saturated heterocycles. The second-order valence-electron chi connectivity index (χ2n) is 11.2. The van der Waals surface area contributed by atoms with E-state index >= 15 is 0 Å². The van der Waals surface area contributed by atoms with Crippen LogP contribution in [0, 0.1) is 19.8 Å². The van der Waals surface area contributed by atoms with Gasteiger partial charge in [0, 0.05) is 24.6 Å². The first-order valence-electron chi connectivity index (χ1n) is 14.5. The van der Waals surface area contributed by atoms with E-state index in [0.29, 0.717) is 58.8 Å². The van der Waals surface area contributed by atoms with Crippen LogP contribution in [0.1, 0.15) is 88.5 Å². The van der Waals surface area contributed by atoms with Crippen LogP contribution in [-0.2, 0) is 11.3 Å². The van der Waals surface area contributed by atoms with E-state index in [1.807, 2.05) is 34.6 Å². The van der Waals surface area contributed by atoms with E-state index in [1.165, 1.54) is 16.2 Å². The number of fused-ring (bicyclic) bond motifs is 3. The highest BCUT2D eigenvalue weighted by molar-refractivity contribution is 7.13. The van der Waals surface area contributed by atoms with Gasteiger partial charge in [0.2, 0.25) is 5.91 Å². The van der Waals surface area contributed by atoms with Gasteiger partial charge in [0.15, 0.2) is 11.5 Å². The molecule has 0 unspecified atom stereocenters. The Bertz CT molecular complexity index is 1460. The first-order chi connectivity index (χ1) is 20.5. The number of aromatic nitrogens is 4. The zero-order valence-electron chi connectivity index (χ0n) is 25.9. The number of ether oxygens (including phenoxy) is 2. The number of carbonyl (C=O) groups is 3. The Kier molecular flexibility index (Phi) is 10.4. The van der Waals surface area contributed by atoms with Crippen LogP contribution in [0.25, 0.3) is 0 Å². The Morgan fingerprint density at radius 2 is 1.91 bits per heavy atom. The molecule has 13 heteroatoms. The molecular formula is C30H41N7O5S. The van der Waals surface area contributed by atoms with E-state index in [0.717, 1.165) is 5.01 Å². The van der Waals surface area contributed by atoms with Crippen molar-refractivity contribution in [2.75, 3.05) is 33.4 Å². The fourth-order valence-electron chi connectivity index (χ4n) is 4.79. The molecule has 1 aromatic carbocycles. The Morgan fingerprint density at radius 3 is 2.58 bits per heavy atom. The van der Waals surface area contributed by atoms with Gasteiger partial charge in [-0.3, -0.25) is 14.4 Å². The Labute approximate surface area is 256 Å². The van der Waals surface area contributed by atoms with Crippen LogP contribution in [0.3, 0.4) is 0 Å². The number of hydrogen-bond donors (Lipinski definition) is 2. The number of aryl methyl sites for hydroxylation is 2. The van der Waals surface area contributed by atoms with E-state index < -0.39 is 6.04 Å². The molecule has 0 fully saturated rings. The predicted molar refractivity (Wildman–Crippen MR) is 163 cm³/mol. The monoisotopic (exact) mass is 611 g/mol. The molecule has 0 aliphatic carbocycles. The number of rotatable bonds is 4. The highest BCUT2D eigenvalue weighted by Gasteiger charge is 2.28. The third kappa shape index (κ3) is 7.70. The molecule has 0 spiro atoms. The summed E-state index contributed by atoms with van der Waals surface area (Å²) in [6.07, 6.45) is 0.445. The van der Waals surface area contributed by atoms with Gasteiger partial charge in [0.05, 0.1) is 36.9 Å². The summed E-state index contributed by atoms with van der Waals surface area (Å²) in [4.78, 5) is 51.5. The van der Waals surface area contributed by atoms with Gasteiger partial charge in [-0.2, -0.15) is 5.10 Å². The van der Waals surface area contributed by atoms with Crippen LogP contribution in [-0.4, -0.2) is 75.7 Å². The predicted octanol–water partition coefficient (Wildman–Crippen LogP) is 3.65. The third-order valence-corrected chi connectivity index (χ3v) is 8.51. The fourth-order valence-corrected chi connectivity index (χ4v) is 5.83. The second kappa shape index (κ2) is 14.0. The van der Waals surface area contributed by atoms with Crippen LogP contribution in [0.5, 0.6) is 11.5 Å². The van der Waals surface area contributed by atoms with Crippen LogP contribution in [0.4, 0.5) is 0 Å². The van der Waals surface area contributed by atoms with Crippen molar-refractivity contribution in [3.05, 3.63) is 51.0 Å². The summed E-state index contributed by atoms with van der Waals surface area (Å²) in [5, 5.41) is 11.4. The summed E-state index contributed by atoms with van der Waals surface area (Å²) in [5.74, 6) is 1.42. The maximum absolute atomic E-state index is 13.8. The van der Waals surface area contributed by atoms with Crippen molar-refractivity contribution in [1.82, 2.24) is 35.3 Å². The van der Waals surface area contributed by atoms with Crippen LogP contribution in [0.15, 0.2) is 18.2 Å². The largest absolute Gasteiger partial charge is 0.493 e. The van der Waals surface area contributed by atoms with Crippen LogP contribution < -0.4 is 20.1 Å². The molecule has 12 nitrogen and oxygen atoms in total. The average molecular weight is 612 g/mol. The molecule has 1 atom stereocenters. The molecule has 1 aliphatic heterocycles. The SMILES string of the molecule is COc1ccc2cc1OCCn1nc(C)nc1[C@H](C(C)C)NC(=O)CN(C(=O)c1sc(C(C)C)nc1C)CCCNC2=O. The molecule has 3 heterocycles. The lowest BCUT2D eigenvalue weighted by atomic mass is 10.0. The lowest BCUT2D eigenvalue weighted by molar-refractivity contribution is -0.123. The average Bonchev–Trinajstić information content (AvgIpc) is 3.54. The maximum atomic E-state index is 13.8. The number of amides is 3. The first kappa shape index (κ1) is 31.9. The van der Waals surface area contributed by atoms with Crippen molar-refractivity contribution < 1.29 is 23.9 Å². The number of methoxy groups -OCH3 is 1. The number of carbonyl (C=O) groups excluding carboxylic acids is 3. The first-order valence-corrected chi connectivity index (χ1v) is 15.4. The summed E-state index contributed by atoms with van der Waals surface area (Å²) in [6, 6.07) is 4.57. The molecule has 2 bridgehead atoms. The van der Waals surface area contributed by atoms with Gasteiger partial charge in [-0.05, 0) is 44.4 Å². The molecule has 2 N–H and O–H groups in total. The molecule has 1 aliphatic rings. The Hall–Kier alpha value is -4.00. The lowest BCUT2D eigenvalue weighted by Crippen LogP contribution is -2.44. The van der Waals surface area contributed by atoms with Crippen LogP contribution in [0.2, 0.25) is 0 Å². The van der Waals surface area contributed by atoms with E-state index in [9.17, 15) is 14.4 Å². The number of hydrogen-bond acceptors (Lipinski definition) is 9. The van der Waals surface area contributed by atoms with Crippen molar-refractivity contribution in [3.8, 4) is 11.5 Å². The van der Waals surface area contributed by atoms with Crippen molar-refractivity contribution in [2.24, 2.45) is 5.92 Å². The molecule has 0 radical (unpaired) electrons. The van der Waals surface area contributed by atoms with Gasteiger partial charge in [0.25, 0.3) is 11.8 Å². The highest BCUT2D eigenvalue weighted by Crippen LogP contribution is 2.29. The highest BCUT2D eigenvalue weighted by atomic mass is 32.1. The Balaban J connectivity index is 1.67. The van der Waals surface area contributed by atoms with Crippen molar-refractivity contribution in [1.29, 1.82) is 0 Å². The van der Waals surface area contributed by atoms with Gasteiger partial charge < -0.3 is 25.0 Å². The van der Waals surface area contributed by atoms with E-state index in [1.54, 1.807) is 36.9 Å². The maximum Gasteiger partial charge on any atom is 0.266 e. The lowest BCUT2D eigenvalue weighted by Gasteiger charge is -2.26. The van der Waals surface area contributed by atoms with Gasteiger partial charge in [-0.15, -0.1) is 11.3 Å². The summed E-state index contributed by atoms with van der Waals surface area (Å²) in [5.41, 5.74) is 1.07. The quantitative estimate of drug-likeness (QED) is 0.456. The van der Waals surface area contributed by atoms with Crippen molar-refractivity contribution in [3.63, 3.8) is 0 Å². The zero-order chi connectivity index (χ0) is 31.3. The molecule has 0 saturated carbocycles. The van der Waals surface area contributed by atoms with E-state index in [-0.39, 0.29) is 49.3 Å². The minimum absolute atomic E-state index is 0.00806. The number of benzene rings is 1. The topological polar surface area (TPSA) is 141 Å². The molecule has 3 amide bonds. The van der Waals surface area contributed by atoms with Gasteiger partial charge in [0.1, 0.15) is 23.1 Å². The zero-order valence-corrected chi connectivity index (χ0v) is 26.7. The minimum atomic E-state index is -0.445. The van der Waals surface area contributed by atoms with Crippen molar-refractivity contribution in [2.45, 2.75) is 66.5 Å². The fraction of sp³-hybridized carbons (Fsp3) is 0.533. The number of nitrogens with zero attached hydrogens (tertiary/aromatic N) is 5. The van der Waals surface area contributed by atoms with E-state index in [2.05, 4.69) is 25.7 Å². The summed E-state index contributed by atoms with van der Waals surface area (Å²) in [7, 11) is 1.54. The summed E-state index contributed by atoms with van der Waals surface area (Å²) >= 11 is 1.36. The third-order valence-electron chi connectivity index (χ3n) is 7.07. The van der Waals surface area contributed by atoms with Crippen molar-refractivity contribution >= 4 is 29.1 Å². The van der Waals surface area contributed by atoms with Crippen LogP contribution >= 0.6 is 11.3 Å². The molecule has 232 valence electrons. The molecular weight excluding hydrogens is 570 g/mol. The molecule has 43 heavy (non-hydrogen) atoms. The van der Waals surface area contributed by atoms with Gasteiger partial charge in [-0.25, -0.2) is 14.6 Å². The molecule has 4 rings (SSSR count). The normalized spacial score (nSPS) is 17.0. The minimum Gasteiger partial charge on any atom is -0.493 e.